The van der Waals surface area contributed by atoms with E-state index in [4.69, 9.17) is 0 Å². The van der Waals surface area contributed by atoms with Crippen LogP contribution in [0, 0.1) is 12.7 Å². The molecule has 140 valence electrons. The minimum Gasteiger partial charge on any atom is -0.453 e. The van der Waals surface area contributed by atoms with Gasteiger partial charge in [0.05, 0.1) is 7.11 Å². The van der Waals surface area contributed by atoms with Crippen molar-refractivity contribution < 1.29 is 18.7 Å². The largest absolute Gasteiger partial charge is 0.453 e. The van der Waals surface area contributed by atoms with E-state index >= 15 is 0 Å². The number of carbonyl (C=O) groups excluding carboxylic acids is 2. The number of halogens is 1. The van der Waals surface area contributed by atoms with Crippen LogP contribution in [0.3, 0.4) is 0 Å². The zero-order valence-corrected chi connectivity index (χ0v) is 14.7. The third kappa shape index (κ3) is 5.43. The minimum absolute atomic E-state index is 0.0646. The predicted octanol–water partition coefficient (Wildman–Crippen LogP) is 1.86. The van der Waals surface area contributed by atoms with E-state index in [0.717, 1.165) is 11.8 Å². The van der Waals surface area contributed by atoms with Crippen LogP contribution in [0.2, 0.25) is 0 Å². The Labute approximate surface area is 149 Å². The van der Waals surface area contributed by atoms with Crippen molar-refractivity contribution in [1.29, 1.82) is 0 Å². The smallest absolute Gasteiger partial charge is 0.407 e. The fraction of sp³-hybridized carbons (Fsp3) is 0.375. The van der Waals surface area contributed by atoms with Gasteiger partial charge in [0.15, 0.2) is 17.5 Å². The number of nitrogens with one attached hydrogen (secondary N) is 4. The second-order valence-electron chi connectivity index (χ2n) is 5.67. The Balaban J connectivity index is 1.92. The van der Waals surface area contributed by atoms with Crippen molar-refractivity contribution in [3.63, 3.8) is 0 Å². The van der Waals surface area contributed by atoms with Crippen LogP contribution >= 0.6 is 0 Å². The summed E-state index contributed by atoms with van der Waals surface area (Å²) in [5.41, 5.74) is 0.867. The van der Waals surface area contributed by atoms with E-state index in [9.17, 15) is 14.0 Å². The summed E-state index contributed by atoms with van der Waals surface area (Å²) in [7, 11) is 1.28. The number of carbonyl (C=O) groups is 2. The van der Waals surface area contributed by atoms with E-state index in [-0.39, 0.29) is 17.6 Å². The van der Waals surface area contributed by atoms with E-state index in [0.29, 0.717) is 18.8 Å². The molecule has 0 aromatic carbocycles. The molecule has 2 rings (SSSR count). The number of amides is 2. The molecule has 0 aliphatic heterocycles. The molecule has 2 amide bonds. The van der Waals surface area contributed by atoms with Gasteiger partial charge in [0.25, 0.3) is 5.91 Å². The molecule has 0 bridgehead atoms. The van der Waals surface area contributed by atoms with Gasteiger partial charge in [-0.05, 0) is 32.4 Å². The number of H-pyrrole nitrogens is 1. The Morgan fingerprint density at radius 3 is 2.81 bits per heavy atom. The highest BCUT2D eigenvalue weighted by atomic mass is 19.1. The molecular formula is C16H21FN6O3. The van der Waals surface area contributed by atoms with Crippen LogP contribution in [0.25, 0.3) is 0 Å². The highest BCUT2D eigenvalue weighted by Crippen LogP contribution is 2.17. The number of aromatic amines is 1. The Hall–Kier alpha value is -3.17. The highest BCUT2D eigenvalue weighted by Gasteiger charge is 2.13. The molecule has 0 aliphatic carbocycles. The van der Waals surface area contributed by atoms with Crippen LogP contribution in [0.15, 0.2) is 18.2 Å². The molecule has 2 aromatic heterocycles. The number of hydrogen-bond acceptors (Lipinski definition) is 6. The number of alkyl carbamates (subject to hydrolysis) is 1. The SMILES string of the molecule is COC(=O)N[C@@H](C)CCNC(=O)c1ccc(F)c(Nc2cc(C)[nH]n2)n1. The Morgan fingerprint density at radius 2 is 2.15 bits per heavy atom. The van der Waals surface area contributed by atoms with Crippen LogP contribution in [-0.2, 0) is 4.74 Å². The summed E-state index contributed by atoms with van der Waals surface area (Å²) in [6.07, 6.45) is -0.0342. The summed E-state index contributed by atoms with van der Waals surface area (Å²) in [4.78, 5) is 27.2. The molecule has 0 aliphatic rings. The van der Waals surface area contributed by atoms with E-state index in [1.807, 2.05) is 6.92 Å². The standard InChI is InChI=1S/C16H21FN6O3/c1-9(19-16(25)26-3)6-7-18-15(24)12-5-4-11(17)14(20-12)21-13-8-10(2)22-23-13/h4-5,8-9H,6-7H2,1-3H3,(H,18,24)(H,19,25)(H2,20,21,22,23)/t9-/m0/s1. The molecule has 2 heterocycles. The summed E-state index contributed by atoms with van der Waals surface area (Å²) in [5.74, 6) is -0.742. The van der Waals surface area contributed by atoms with Gasteiger partial charge in [0.1, 0.15) is 5.69 Å². The highest BCUT2D eigenvalue weighted by molar-refractivity contribution is 5.92. The fourth-order valence-electron chi connectivity index (χ4n) is 2.08. The van der Waals surface area contributed by atoms with Crippen molar-refractivity contribution in [1.82, 2.24) is 25.8 Å². The van der Waals surface area contributed by atoms with Crippen LogP contribution in [-0.4, -0.2) is 46.9 Å². The fourth-order valence-corrected chi connectivity index (χ4v) is 2.08. The van der Waals surface area contributed by atoms with Gasteiger partial charge in [0, 0.05) is 24.3 Å². The molecular weight excluding hydrogens is 343 g/mol. The molecule has 0 saturated heterocycles. The number of ether oxygens (including phenoxy) is 1. The Bertz CT molecular complexity index is 779. The summed E-state index contributed by atoms with van der Waals surface area (Å²) >= 11 is 0. The van der Waals surface area contributed by atoms with Gasteiger partial charge in [0.2, 0.25) is 0 Å². The van der Waals surface area contributed by atoms with Gasteiger partial charge >= 0.3 is 6.09 Å². The first-order valence-corrected chi connectivity index (χ1v) is 7.97. The van der Waals surface area contributed by atoms with Gasteiger partial charge in [-0.1, -0.05) is 0 Å². The number of rotatable bonds is 7. The molecule has 4 N–H and O–H groups in total. The van der Waals surface area contributed by atoms with E-state index in [1.54, 1.807) is 13.0 Å². The van der Waals surface area contributed by atoms with Crippen molar-refractivity contribution in [2.45, 2.75) is 26.3 Å². The van der Waals surface area contributed by atoms with Gasteiger partial charge in [-0.25, -0.2) is 14.2 Å². The van der Waals surface area contributed by atoms with Gasteiger partial charge < -0.3 is 20.7 Å². The molecule has 9 nitrogen and oxygen atoms in total. The normalized spacial score (nSPS) is 11.5. The second kappa shape index (κ2) is 8.79. The summed E-state index contributed by atoms with van der Waals surface area (Å²) in [6, 6.07) is 3.96. The predicted molar refractivity (Wildman–Crippen MR) is 92.8 cm³/mol. The number of aromatic nitrogens is 3. The third-order valence-corrected chi connectivity index (χ3v) is 3.44. The number of anilines is 2. The number of methoxy groups -OCH3 is 1. The molecule has 26 heavy (non-hydrogen) atoms. The van der Waals surface area contributed by atoms with Crippen molar-refractivity contribution in [3.8, 4) is 0 Å². The lowest BCUT2D eigenvalue weighted by atomic mass is 10.2. The van der Waals surface area contributed by atoms with Crippen molar-refractivity contribution in [3.05, 3.63) is 35.4 Å². The number of aryl methyl sites for hydroxylation is 1. The zero-order chi connectivity index (χ0) is 19.1. The number of nitrogens with zero attached hydrogens (tertiary/aromatic N) is 2. The second-order valence-corrected chi connectivity index (χ2v) is 5.67. The maximum Gasteiger partial charge on any atom is 0.407 e. The molecule has 0 radical (unpaired) electrons. The van der Waals surface area contributed by atoms with Crippen LogP contribution in [0.5, 0.6) is 0 Å². The number of pyridine rings is 1. The third-order valence-electron chi connectivity index (χ3n) is 3.44. The maximum atomic E-state index is 13.9. The average molecular weight is 364 g/mol. The van der Waals surface area contributed by atoms with Gasteiger partial charge in [-0.15, -0.1) is 0 Å². The molecule has 0 saturated carbocycles. The van der Waals surface area contributed by atoms with Gasteiger partial charge in [-0.2, -0.15) is 5.10 Å². The first kappa shape index (κ1) is 19.2. The van der Waals surface area contributed by atoms with E-state index in [2.05, 4.69) is 35.9 Å². The summed E-state index contributed by atoms with van der Waals surface area (Å²) < 4.78 is 18.4. The van der Waals surface area contributed by atoms with Crippen LogP contribution in [0.4, 0.5) is 20.8 Å². The van der Waals surface area contributed by atoms with Crippen LogP contribution < -0.4 is 16.0 Å². The monoisotopic (exact) mass is 364 g/mol. The van der Waals surface area contributed by atoms with E-state index < -0.39 is 17.8 Å². The summed E-state index contributed by atoms with van der Waals surface area (Å²) in [5, 5.41) is 14.6. The lowest BCUT2D eigenvalue weighted by Crippen LogP contribution is -2.36. The molecule has 10 heteroatoms. The van der Waals surface area contributed by atoms with Gasteiger partial charge in [-0.3, -0.25) is 9.89 Å². The van der Waals surface area contributed by atoms with Crippen molar-refractivity contribution >= 4 is 23.6 Å². The molecule has 0 spiro atoms. The average Bonchev–Trinajstić information content (AvgIpc) is 3.01. The Morgan fingerprint density at radius 1 is 1.38 bits per heavy atom. The molecule has 0 fully saturated rings. The lowest BCUT2D eigenvalue weighted by Gasteiger charge is -2.13. The first-order chi connectivity index (χ1) is 12.4. The topological polar surface area (TPSA) is 121 Å². The first-order valence-electron chi connectivity index (χ1n) is 7.97. The molecule has 2 aromatic rings. The van der Waals surface area contributed by atoms with Crippen molar-refractivity contribution in [2.24, 2.45) is 0 Å². The summed E-state index contributed by atoms with van der Waals surface area (Å²) in [6.45, 7) is 3.90. The quantitative estimate of drug-likeness (QED) is 0.595. The lowest BCUT2D eigenvalue weighted by molar-refractivity contribution is 0.0947. The zero-order valence-electron chi connectivity index (χ0n) is 14.7. The van der Waals surface area contributed by atoms with E-state index in [1.165, 1.54) is 13.2 Å². The molecule has 1 atom stereocenters. The maximum absolute atomic E-state index is 13.9. The minimum atomic E-state index is -0.599. The van der Waals surface area contributed by atoms with Crippen LogP contribution in [0.1, 0.15) is 29.5 Å². The molecule has 0 unspecified atom stereocenters. The number of hydrogen-bond donors (Lipinski definition) is 4. The Kier molecular flexibility index (Phi) is 6.48. The van der Waals surface area contributed by atoms with Crippen molar-refractivity contribution in [2.75, 3.05) is 19.0 Å².